The van der Waals surface area contributed by atoms with Crippen LogP contribution in [0.2, 0.25) is 0 Å². The van der Waals surface area contributed by atoms with Crippen LogP contribution >= 0.6 is 0 Å². The van der Waals surface area contributed by atoms with E-state index in [1.54, 1.807) is 12.1 Å². The molecule has 0 aliphatic heterocycles. The van der Waals surface area contributed by atoms with E-state index in [1.807, 2.05) is 38.2 Å². The van der Waals surface area contributed by atoms with E-state index in [1.165, 1.54) is 0 Å². The van der Waals surface area contributed by atoms with E-state index in [-0.39, 0.29) is 17.3 Å². The number of hydrogen-bond donors (Lipinski definition) is 3. The normalized spacial score (nSPS) is 12.1. The molecule has 0 aliphatic rings. The van der Waals surface area contributed by atoms with Crippen LogP contribution in [0.25, 0.3) is 11.0 Å². The van der Waals surface area contributed by atoms with Gasteiger partial charge in [-0.3, -0.25) is 19.0 Å². The Balaban J connectivity index is 2.22. The second kappa shape index (κ2) is 8.81. The van der Waals surface area contributed by atoms with Crippen molar-refractivity contribution in [2.75, 3.05) is 6.54 Å². The van der Waals surface area contributed by atoms with E-state index < -0.39 is 52.8 Å². The highest BCUT2D eigenvalue weighted by Crippen LogP contribution is 2.32. The van der Waals surface area contributed by atoms with Gasteiger partial charge in [-0.2, -0.15) is 13.2 Å². The van der Waals surface area contributed by atoms with Gasteiger partial charge in [0.25, 0.3) is 11.5 Å². The minimum absolute atomic E-state index is 0.154. The second-order valence-electron chi connectivity index (χ2n) is 8.70. The van der Waals surface area contributed by atoms with Crippen molar-refractivity contribution in [2.24, 2.45) is 0 Å². The summed E-state index contributed by atoms with van der Waals surface area (Å²) in [5.74, 6) is -3.45. The predicted molar refractivity (Wildman–Crippen MR) is 117 cm³/mol. The minimum Gasteiger partial charge on any atom is -0.506 e. The lowest BCUT2D eigenvalue weighted by Gasteiger charge is -2.20. The van der Waals surface area contributed by atoms with Gasteiger partial charge >= 0.3 is 12.1 Å². The molecular formula is C23H22F3N3O5. The molecule has 2 heterocycles. The molecule has 0 spiro atoms. The fourth-order valence-corrected chi connectivity index (χ4v) is 3.35. The second-order valence-corrected chi connectivity index (χ2v) is 8.70. The van der Waals surface area contributed by atoms with Crippen LogP contribution in [-0.2, 0) is 22.9 Å². The van der Waals surface area contributed by atoms with Crippen molar-refractivity contribution in [1.29, 1.82) is 0 Å². The van der Waals surface area contributed by atoms with Crippen LogP contribution in [0, 0.1) is 0 Å². The van der Waals surface area contributed by atoms with Crippen LogP contribution in [0.4, 0.5) is 13.2 Å². The van der Waals surface area contributed by atoms with Crippen LogP contribution in [-0.4, -0.2) is 38.2 Å². The average molecular weight is 477 g/mol. The summed E-state index contributed by atoms with van der Waals surface area (Å²) in [6.07, 6.45) is -4.81. The number of halogens is 3. The van der Waals surface area contributed by atoms with Crippen LogP contribution in [0.15, 0.2) is 41.2 Å². The molecule has 3 aromatic rings. The Morgan fingerprint density at radius 3 is 2.21 bits per heavy atom. The molecule has 34 heavy (non-hydrogen) atoms. The molecule has 0 aliphatic carbocycles. The van der Waals surface area contributed by atoms with E-state index in [9.17, 15) is 32.7 Å². The number of aliphatic carboxylic acids is 1. The van der Waals surface area contributed by atoms with Crippen molar-refractivity contribution in [1.82, 2.24) is 14.9 Å². The number of aromatic hydroxyl groups is 1. The van der Waals surface area contributed by atoms with E-state index >= 15 is 0 Å². The summed E-state index contributed by atoms with van der Waals surface area (Å²) in [4.78, 5) is 40.0. The number of carbonyl (C=O) groups is 2. The van der Waals surface area contributed by atoms with E-state index in [0.29, 0.717) is 11.6 Å². The Morgan fingerprint density at radius 2 is 1.68 bits per heavy atom. The van der Waals surface area contributed by atoms with Gasteiger partial charge < -0.3 is 15.5 Å². The largest absolute Gasteiger partial charge is 0.506 e. The quantitative estimate of drug-likeness (QED) is 0.519. The van der Waals surface area contributed by atoms with Crippen LogP contribution in [0.1, 0.15) is 48.0 Å². The standard InChI is InChI=1S/C23H22F3N3O5/c1-22(2,3)13-6-4-12(5-7-13)11-29-19-14(8-9-15(28-19)23(24,25)26)18(32)17(21(29)34)20(33)27-10-16(30)31/h4-9,32H,10-11H2,1-3H3,(H,27,33)(H,30,31). The Hall–Kier alpha value is -3.89. The Kier molecular flexibility index (Phi) is 6.41. The van der Waals surface area contributed by atoms with Gasteiger partial charge in [0.2, 0.25) is 0 Å². The zero-order chi connectivity index (χ0) is 25.4. The molecule has 8 nitrogen and oxygen atoms in total. The summed E-state index contributed by atoms with van der Waals surface area (Å²) in [7, 11) is 0. The molecule has 0 unspecified atom stereocenters. The molecule has 0 fully saturated rings. The number of hydrogen-bond acceptors (Lipinski definition) is 5. The molecular weight excluding hydrogens is 455 g/mol. The minimum atomic E-state index is -4.81. The number of alkyl halides is 3. The molecule has 0 atom stereocenters. The number of carboxylic acids is 1. The highest BCUT2D eigenvalue weighted by Gasteiger charge is 2.34. The van der Waals surface area contributed by atoms with Gasteiger partial charge in [0.15, 0.2) is 0 Å². The van der Waals surface area contributed by atoms with Gasteiger partial charge in [-0.25, -0.2) is 4.98 Å². The fraction of sp³-hybridized carbons (Fsp3) is 0.304. The van der Waals surface area contributed by atoms with E-state index in [4.69, 9.17) is 5.11 Å². The summed E-state index contributed by atoms with van der Waals surface area (Å²) < 4.78 is 40.7. The predicted octanol–water partition coefficient (Wildman–Crippen LogP) is 3.28. The summed E-state index contributed by atoms with van der Waals surface area (Å²) in [6, 6.07) is 8.56. The summed E-state index contributed by atoms with van der Waals surface area (Å²) in [6.45, 7) is 4.95. The van der Waals surface area contributed by atoms with Gasteiger partial charge in [0.05, 0.1) is 11.9 Å². The van der Waals surface area contributed by atoms with Gasteiger partial charge in [-0.05, 0) is 28.7 Å². The van der Waals surface area contributed by atoms with Crippen molar-refractivity contribution in [3.63, 3.8) is 0 Å². The average Bonchev–Trinajstić information content (AvgIpc) is 2.74. The number of aromatic nitrogens is 2. The molecule has 2 aromatic heterocycles. The molecule has 11 heteroatoms. The first-order chi connectivity index (χ1) is 15.7. The maximum Gasteiger partial charge on any atom is 0.433 e. The fourth-order valence-electron chi connectivity index (χ4n) is 3.35. The van der Waals surface area contributed by atoms with Crippen molar-refractivity contribution < 1.29 is 33.0 Å². The molecule has 0 saturated carbocycles. The Labute approximate surface area is 191 Å². The molecule has 1 aromatic carbocycles. The monoisotopic (exact) mass is 477 g/mol. The lowest BCUT2D eigenvalue weighted by Crippen LogP contribution is -2.36. The molecule has 3 N–H and O–H groups in total. The molecule has 180 valence electrons. The van der Waals surface area contributed by atoms with Crippen molar-refractivity contribution in [3.05, 3.63) is 69.1 Å². The highest BCUT2D eigenvalue weighted by molar-refractivity contribution is 6.02. The molecule has 3 rings (SSSR count). The third-order valence-corrected chi connectivity index (χ3v) is 5.16. The van der Waals surface area contributed by atoms with E-state index in [2.05, 4.69) is 4.98 Å². The third-order valence-electron chi connectivity index (χ3n) is 5.16. The topological polar surface area (TPSA) is 122 Å². The zero-order valence-electron chi connectivity index (χ0n) is 18.5. The van der Waals surface area contributed by atoms with Gasteiger partial charge in [-0.15, -0.1) is 0 Å². The van der Waals surface area contributed by atoms with Crippen molar-refractivity contribution in [3.8, 4) is 5.75 Å². The van der Waals surface area contributed by atoms with Gasteiger partial charge in [0, 0.05) is 0 Å². The number of nitrogens with zero attached hydrogens (tertiary/aromatic N) is 2. The number of fused-ring (bicyclic) bond motifs is 1. The van der Waals surface area contributed by atoms with E-state index in [0.717, 1.165) is 16.2 Å². The van der Waals surface area contributed by atoms with Crippen molar-refractivity contribution >= 4 is 22.9 Å². The Morgan fingerprint density at radius 1 is 1.06 bits per heavy atom. The van der Waals surface area contributed by atoms with Crippen LogP contribution in [0.5, 0.6) is 5.75 Å². The zero-order valence-corrected chi connectivity index (χ0v) is 18.5. The van der Waals surface area contributed by atoms with Gasteiger partial charge in [-0.1, -0.05) is 45.0 Å². The number of nitrogens with one attached hydrogen (secondary N) is 1. The lowest BCUT2D eigenvalue weighted by molar-refractivity contribution is -0.141. The number of amides is 1. The Bertz CT molecular complexity index is 1320. The first-order valence-corrected chi connectivity index (χ1v) is 10.1. The molecule has 0 saturated heterocycles. The first kappa shape index (κ1) is 24.7. The summed E-state index contributed by atoms with van der Waals surface area (Å²) in [5.41, 5.74) is -2.27. The maximum atomic E-state index is 13.3. The summed E-state index contributed by atoms with van der Waals surface area (Å²) in [5, 5.41) is 21.0. The number of carboxylic acid groups (broad SMARTS) is 1. The maximum absolute atomic E-state index is 13.3. The SMILES string of the molecule is CC(C)(C)c1ccc(Cn2c(=O)c(C(=O)NCC(=O)O)c(O)c3ccc(C(F)(F)F)nc32)cc1. The number of carbonyl (C=O) groups excluding carboxylic acids is 1. The molecule has 0 radical (unpaired) electrons. The molecule has 0 bridgehead atoms. The first-order valence-electron chi connectivity index (χ1n) is 10.1. The summed E-state index contributed by atoms with van der Waals surface area (Å²) >= 11 is 0. The van der Waals surface area contributed by atoms with Crippen molar-refractivity contribution in [2.45, 2.75) is 38.9 Å². The number of benzene rings is 1. The number of rotatable bonds is 5. The van der Waals surface area contributed by atoms with Crippen LogP contribution < -0.4 is 10.9 Å². The third kappa shape index (κ3) is 5.03. The smallest absolute Gasteiger partial charge is 0.433 e. The van der Waals surface area contributed by atoms with Gasteiger partial charge in [0.1, 0.15) is 29.2 Å². The lowest BCUT2D eigenvalue weighted by atomic mass is 9.87. The molecule has 1 amide bonds. The van der Waals surface area contributed by atoms with Crippen LogP contribution in [0.3, 0.4) is 0 Å². The number of pyridine rings is 2. The highest BCUT2D eigenvalue weighted by atomic mass is 19.4.